The highest BCUT2D eigenvalue weighted by atomic mass is 16.7. The predicted molar refractivity (Wildman–Crippen MR) is 261 cm³/mol. The van der Waals surface area contributed by atoms with E-state index in [4.69, 9.17) is 18.9 Å². The van der Waals surface area contributed by atoms with Crippen LogP contribution in [0.4, 0.5) is 0 Å². The van der Waals surface area contributed by atoms with Crippen LogP contribution in [-0.4, -0.2) is 89.0 Å². The molecule has 6 atom stereocenters. The van der Waals surface area contributed by atoms with Crippen molar-refractivity contribution in [1.29, 1.82) is 0 Å². The van der Waals surface area contributed by atoms with Gasteiger partial charge in [-0.2, -0.15) is 0 Å². The van der Waals surface area contributed by atoms with Gasteiger partial charge in [-0.05, 0) is 38.5 Å². The second kappa shape index (κ2) is 45.2. The number of carbonyl (C=O) groups excluding carboxylic acids is 2. The number of allylic oxidation sites excluding steroid dienone is 2. The summed E-state index contributed by atoms with van der Waals surface area (Å²) in [5.74, 6) is -0.794. The van der Waals surface area contributed by atoms with E-state index in [0.29, 0.717) is 6.42 Å². The van der Waals surface area contributed by atoms with Crippen LogP contribution in [-0.2, 0) is 28.5 Å². The number of ether oxygens (including phenoxy) is 4. The van der Waals surface area contributed by atoms with Crippen molar-refractivity contribution >= 4 is 11.9 Å². The fourth-order valence-electron chi connectivity index (χ4n) is 8.60. The third-order valence-corrected chi connectivity index (χ3v) is 12.9. The molecule has 0 bridgehead atoms. The third kappa shape index (κ3) is 35.6. The summed E-state index contributed by atoms with van der Waals surface area (Å²) in [5, 5.41) is 40.2. The maximum atomic E-state index is 12.8. The summed E-state index contributed by atoms with van der Waals surface area (Å²) in [6.07, 6.45) is 43.7. The first-order valence-corrected chi connectivity index (χ1v) is 27.3. The molecule has 1 aliphatic rings. The highest BCUT2D eigenvalue weighted by molar-refractivity contribution is 5.70. The topological polar surface area (TPSA) is 152 Å². The van der Waals surface area contributed by atoms with E-state index in [1.807, 2.05) is 0 Å². The number of aliphatic hydroxyl groups is 4. The lowest BCUT2D eigenvalue weighted by Gasteiger charge is -2.39. The smallest absolute Gasteiger partial charge is 0.306 e. The van der Waals surface area contributed by atoms with E-state index in [0.717, 1.165) is 44.9 Å². The van der Waals surface area contributed by atoms with E-state index in [2.05, 4.69) is 26.0 Å². The Morgan fingerprint density at radius 3 is 1.22 bits per heavy atom. The van der Waals surface area contributed by atoms with E-state index < -0.39 is 49.4 Å². The van der Waals surface area contributed by atoms with E-state index in [1.54, 1.807) is 0 Å². The summed E-state index contributed by atoms with van der Waals surface area (Å²) >= 11 is 0. The van der Waals surface area contributed by atoms with Gasteiger partial charge in [-0.15, -0.1) is 0 Å². The zero-order chi connectivity index (χ0) is 46.6. The summed E-state index contributed by atoms with van der Waals surface area (Å²) in [7, 11) is 0. The lowest BCUT2D eigenvalue weighted by atomic mass is 9.99. The minimum atomic E-state index is -1.59. The van der Waals surface area contributed by atoms with Crippen molar-refractivity contribution in [2.24, 2.45) is 0 Å². The molecule has 0 aliphatic carbocycles. The van der Waals surface area contributed by atoms with Crippen LogP contribution in [0.5, 0.6) is 0 Å². The van der Waals surface area contributed by atoms with Crippen molar-refractivity contribution in [3.63, 3.8) is 0 Å². The highest BCUT2D eigenvalue weighted by Crippen LogP contribution is 2.23. The Bertz CT molecular complexity index is 1050. The van der Waals surface area contributed by atoms with Crippen LogP contribution >= 0.6 is 0 Å². The molecule has 0 saturated carbocycles. The van der Waals surface area contributed by atoms with E-state index in [-0.39, 0.29) is 32.0 Å². The van der Waals surface area contributed by atoms with Crippen molar-refractivity contribution in [3.8, 4) is 0 Å². The molecule has 0 aromatic carbocycles. The Morgan fingerprint density at radius 2 is 0.828 bits per heavy atom. The molecule has 378 valence electrons. The van der Waals surface area contributed by atoms with Gasteiger partial charge in [0.25, 0.3) is 0 Å². The highest BCUT2D eigenvalue weighted by Gasteiger charge is 2.44. The van der Waals surface area contributed by atoms with Gasteiger partial charge in [0, 0.05) is 12.8 Å². The molecule has 0 spiro atoms. The lowest BCUT2D eigenvalue weighted by Crippen LogP contribution is -2.59. The number of carbonyl (C=O) groups is 2. The average molecular weight is 911 g/mol. The Labute approximate surface area is 392 Å². The Balaban J connectivity index is 2.21. The molecular formula is C54H102O10. The molecule has 0 amide bonds. The molecule has 10 nitrogen and oxygen atoms in total. The molecule has 1 heterocycles. The monoisotopic (exact) mass is 911 g/mol. The van der Waals surface area contributed by atoms with Crippen molar-refractivity contribution in [3.05, 3.63) is 12.2 Å². The molecule has 1 fully saturated rings. The van der Waals surface area contributed by atoms with Gasteiger partial charge in [-0.25, -0.2) is 0 Å². The minimum Gasteiger partial charge on any atom is -0.462 e. The number of rotatable bonds is 47. The Morgan fingerprint density at radius 1 is 0.469 bits per heavy atom. The van der Waals surface area contributed by atoms with E-state index in [9.17, 15) is 30.0 Å². The molecule has 0 aromatic heterocycles. The Kier molecular flexibility index (Phi) is 42.7. The van der Waals surface area contributed by atoms with Crippen molar-refractivity contribution in [1.82, 2.24) is 0 Å². The molecule has 2 unspecified atom stereocenters. The second-order valence-corrected chi connectivity index (χ2v) is 19.0. The fourth-order valence-corrected chi connectivity index (χ4v) is 8.60. The van der Waals surface area contributed by atoms with Gasteiger partial charge in [-0.3, -0.25) is 9.59 Å². The first-order valence-electron chi connectivity index (χ1n) is 27.3. The predicted octanol–water partition coefficient (Wildman–Crippen LogP) is 13.1. The van der Waals surface area contributed by atoms with Gasteiger partial charge in [0.05, 0.1) is 13.2 Å². The van der Waals surface area contributed by atoms with Crippen LogP contribution in [0.15, 0.2) is 12.2 Å². The first-order chi connectivity index (χ1) is 31.3. The van der Waals surface area contributed by atoms with E-state index >= 15 is 0 Å². The second-order valence-electron chi connectivity index (χ2n) is 19.0. The first kappa shape index (κ1) is 60.5. The zero-order valence-corrected chi connectivity index (χ0v) is 41.6. The maximum absolute atomic E-state index is 12.8. The van der Waals surface area contributed by atoms with Gasteiger partial charge < -0.3 is 39.4 Å². The molecule has 1 saturated heterocycles. The van der Waals surface area contributed by atoms with E-state index in [1.165, 1.54) is 186 Å². The summed E-state index contributed by atoms with van der Waals surface area (Å²) < 4.78 is 22.3. The molecule has 0 radical (unpaired) electrons. The Hall–Kier alpha value is -1.56. The zero-order valence-electron chi connectivity index (χ0n) is 41.6. The number of hydrogen-bond acceptors (Lipinski definition) is 10. The minimum absolute atomic E-state index is 0.213. The number of hydrogen-bond donors (Lipinski definition) is 4. The van der Waals surface area contributed by atoms with Crippen LogP contribution in [0.25, 0.3) is 0 Å². The number of unbranched alkanes of at least 4 members (excludes halogenated alkanes) is 34. The normalized spacial score (nSPS) is 19.4. The van der Waals surface area contributed by atoms with Crippen molar-refractivity contribution in [2.45, 2.75) is 301 Å². The molecule has 1 aliphatic heterocycles. The number of aliphatic hydroxyl groups excluding tert-OH is 4. The summed E-state index contributed by atoms with van der Waals surface area (Å²) in [5.41, 5.74) is 0. The van der Waals surface area contributed by atoms with Crippen molar-refractivity contribution in [2.75, 3.05) is 19.8 Å². The van der Waals surface area contributed by atoms with Gasteiger partial charge in [0.2, 0.25) is 0 Å². The average Bonchev–Trinajstić information content (AvgIpc) is 3.29. The largest absolute Gasteiger partial charge is 0.462 e. The van der Waals surface area contributed by atoms with Gasteiger partial charge >= 0.3 is 11.9 Å². The van der Waals surface area contributed by atoms with Gasteiger partial charge in [0.15, 0.2) is 12.4 Å². The number of esters is 2. The molecule has 64 heavy (non-hydrogen) atoms. The maximum Gasteiger partial charge on any atom is 0.306 e. The molecule has 4 N–H and O–H groups in total. The summed E-state index contributed by atoms with van der Waals surface area (Å²) in [6.45, 7) is 3.47. The van der Waals surface area contributed by atoms with Gasteiger partial charge in [0.1, 0.15) is 31.0 Å². The quantitative estimate of drug-likeness (QED) is 0.0264. The van der Waals surface area contributed by atoms with Crippen LogP contribution in [0.2, 0.25) is 0 Å². The molecule has 10 heteroatoms. The summed E-state index contributed by atoms with van der Waals surface area (Å²) in [4.78, 5) is 25.5. The van der Waals surface area contributed by atoms with Crippen LogP contribution in [0.1, 0.15) is 264 Å². The van der Waals surface area contributed by atoms with Gasteiger partial charge in [-0.1, -0.05) is 225 Å². The van der Waals surface area contributed by atoms with Crippen LogP contribution < -0.4 is 0 Å². The molecule has 0 aromatic rings. The lowest BCUT2D eigenvalue weighted by molar-refractivity contribution is -0.305. The molecular weight excluding hydrogens is 809 g/mol. The standard InChI is InChI=1S/C54H102O10/c1-3-5-7-9-11-13-15-17-19-21-22-23-24-25-27-28-30-32-34-36-38-40-42-49(56)61-45-47(46-62-54-53(60)52(59)51(58)48(44-55)64-54)63-50(57)43-41-39-37-35-33-31-29-26-20-18-16-14-12-10-8-6-4-2/h18,20,47-48,51-55,58-60H,3-17,19,21-46H2,1-2H3/b20-18+/t47-,48-,51+,52?,53?,54-/m0/s1. The van der Waals surface area contributed by atoms with Crippen molar-refractivity contribution < 1.29 is 49.0 Å². The SMILES string of the molecule is CCCCCCCC/C=C/CCCCCCCCCC(=O)O[C@@H](COC(=O)CCCCCCCCCCCCCCCCCCCCCCCC)CO[C@H]1O[C@@H](CO)[C@@H](O)C(O)C1O. The summed E-state index contributed by atoms with van der Waals surface area (Å²) in [6, 6.07) is 0. The third-order valence-electron chi connectivity index (χ3n) is 12.9. The fraction of sp³-hybridized carbons (Fsp3) is 0.926. The van der Waals surface area contributed by atoms with Crippen LogP contribution in [0.3, 0.4) is 0 Å². The van der Waals surface area contributed by atoms with Crippen LogP contribution in [0, 0.1) is 0 Å². The molecule has 1 rings (SSSR count).